The molecule has 6 nitrogen and oxygen atoms in total. The molecule has 1 heterocycles. The Morgan fingerprint density at radius 2 is 1.59 bits per heavy atom. The van der Waals surface area contributed by atoms with Crippen LogP contribution in [0.15, 0.2) is 12.1 Å². The lowest BCUT2D eigenvalue weighted by molar-refractivity contribution is -0.128. The van der Waals surface area contributed by atoms with E-state index >= 15 is 0 Å². The molecule has 7 heteroatoms. The second-order valence-electron chi connectivity index (χ2n) is 7.12. The van der Waals surface area contributed by atoms with E-state index in [0.29, 0.717) is 41.6 Å². The van der Waals surface area contributed by atoms with E-state index in [-0.39, 0.29) is 11.3 Å². The number of thioether (sulfide) groups is 1. The minimum absolute atomic E-state index is 0.0894. The average Bonchev–Trinajstić information content (AvgIpc) is 3.00. The molecule has 2 rings (SSSR count). The Morgan fingerprint density at radius 3 is 2.11 bits per heavy atom. The van der Waals surface area contributed by atoms with Crippen LogP contribution in [0, 0.1) is 0 Å². The lowest BCUT2D eigenvalue weighted by atomic mass is 10.1. The van der Waals surface area contributed by atoms with Gasteiger partial charge in [0.2, 0.25) is 5.91 Å². The maximum Gasteiger partial charge on any atom is 0.233 e. The zero-order chi connectivity index (χ0) is 20.1. The second kappa shape index (κ2) is 9.55. The van der Waals surface area contributed by atoms with Gasteiger partial charge in [0.15, 0.2) is 11.5 Å². The van der Waals surface area contributed by atoms with Crippen molar-refractivity contribution in [1.29, 1.82) is 0 Å². The molecule has 1 aliphatic rings. The number of amides is 1. The summed E-state index contributed by atoms with van der Waals surface area (Å²) in [5, 5.41) is -0.0894. The van der Waals surface area contributed by atoms with Gasteiger partial charge in [-0.25, -0.2) is 0 Å². The van der Waals surface area contributed by atoms with E-state index in [1.165, 1.54) is 0 Å². The molecule has 0 aromatic heterocycles. The van der Waals surface area contributed by atoms with E-state index in [9.17, 15) is 4.79 Å². The summed E-state index contributed by atoms with van der Waals surface area (Å²) in [7, 11) is 4.85. The van der Waals surface area contributed by atoms with Gasteiger partial charge in [0.25, 0.3) is 0 Å². The monoisotopic (exact) mass is 396 g/mol. The smallest absolute Gasteiger partial charge is 0.233 e. The highest BCUT2D eigenvalue weighted by molar-refractivity contribution is 8.00. The van der Waals surface area contributed by atoms with Crippen molar-refractivity contribution in [3.05, 3.63) is 17.7 Å². The minimum Gasteiger partial charge on any atom is -0.496 e. The highest BCUT2D eigenvalue weighted by Crippen LogP contribution is 2.46. The molecule has 1 fully saturated rings. The van der Waals surface area contributed by atoms with Crippen molar-refractivity contribution >= 4 is 17.7 Å². The number of hydrogen-bond donors (Lipinski definition) is 0. The van der Waals surface area contributed by atoms with Crippen LogP contribution in [0.2, 0.25) is 0 Å². The van der Waals surface area contributed by atoms with Crippen molar-refractivity contribution in [2.24, 2.45) is 0 Å². The molecule has 1 atom stereocenters. The van der Waals surface area contributed by atoms with Crippen LogP contribution in [-0.4, -0.2) is 68.0 Å². The van der Waals surface area contributed by atoms with Crippen LogP contribution in [0.5, 0.6) is 17.2 Å². The minimum atomic E-state index is -0.0894. The number of nitrogens with zero attached hydrogens (tertiary/aromatic N) is 2. The molecule has 0 aliphatic carbocycles. The quantitative estimate of drug-likeness (QED) is 0.638. The Bertz CT molecular complexity index is 643. The molecule has 1 aliphatic heterocycles. The first-order valence-corrected chi connectivity index (χ1v) is 10.4. The fraction of sp³-hybridized carbons (Fsp3) is 0.650. The summed E-state index contributed by atoms with van der Waals surface area (Å²) in [5.41, 5.74) is 0.937. The Kier molecular flexibility index (Phi) is 7.68. The molecule has 0 radical (unpaired) electrons. The first-order chi connectivity index (χ1) is 12.8. The van der Waals surface area contributed by atoms with Crippen molar-refractivity contribution in [2.75, 3.05) is 40.2 Å². The second-order valence-corrected chi connectivity index (χ2v) is 8.19. The molecule has 27 heavy (non-hydrogen) atoms. The van der Waals surface area contributed by atoms with E-state index in [0.717, 1.165) is 12.1 Å². The van der Waals surface area contributed by atoms with Gasteiger partial charge in [-0.05, 0) is 33.8 Å². The van der Waals surface area contributed by atoms with Gasteiger partial charge in [-0.1, -0.05) is 0 Å². The third kappa shape index (κ3) is 4.82. The predicted molar refractivity (Wildman–Crippen MR) is 110 cm³/mol. The number of ether oxygens (including phenoxy) is 3. The summed E-state index contributed by atoms with van der Waals surface area (Å²) >= 11 is 1.62. The Hall–Kier alpha value is -1.60. The molecule has 1 aromatic rings. The van der Waals surface area contributed by atoms with Crippen molar-refractivity contribution in [3.8, 4) is 17.2 Å². The van der Waals surface area contributed by atoms with Crippen LogP contribution in [0.1, 0.15) is 38.6 Å². The van der Waals surface area contributed by atoms with E-state index in [2.05, 4.69) is 32.6 Å². The zero-order valence-electron chi connectivity index (χ0n) is 17.4. The molecular formula is C20H32N2O4S. The van der Waals surface area contributed by atoms with Crippen LogP contribution in [0.25, 0.3) is 0 Å². The summed E-state index contributed by atoms with van der Waals surface area (Å²) < 4.78 is 16.4. The third-order valence-corrected chi connectivity index (χ3v) is 6.13. The van der Waals surface area contributed by atoms with Crippen molar-refractivity contribution in [2.45, 2.75) is 45.2 Å². The Balaban J connectivity index is 2.29. The number of benzene rings is 1. The lowest BCUT2D eigenvalue weighted by Gasteiger charge is -2.33. The lowest BCUT2D eigenvalue weighted by Crippen LogP contribution is -2.43. The molecule has 1 unspecified atom stereocenters. The Morgan fingerprint density at radius 1 is 1.04 bits per heavy atom. The van der Waals surface area contributed by atoms with Crippen LogP contribution >= 0.6 is 11.8 Å². The van der Waals surface area contributed by atoms with Gasteiger partial charge in [-0.2, -0.15) is 0 Å². The van der Waals surface area contributed by atoms with Crippen molar-refractivity contribution < 1.29 is 19.0 Å². The van der Waals surface area contributed by atoms with E-state index < -0.39 is 0 Å². The average molecular weight is 397 g/mol. The highest BCUT2D eigenvalue weighted by Gasteiger charge is 2.35. The maximum atomic E-state index is 12.6. The van der Waals surface area contributed by atoms with Gasteiger partial charge in [-0.3, -0.25) is 9.69 Å². The standard InChI is InChI=1S/C20H32N2O4S/c1-13(2)21(14(3)4)8-9-22-19(23)12-27-20(22)15-10-17(25-6)18(26-7)11-16(15)24-5/h10-11,13-14,20H,8-9,12H2,1-7H3. The van der Waals surface area contributed by atoms with Gasteiger partial charge >= 0.3 is 0 Å². The first kappa shape index (κ1) is 21.7. The molecular weight excluding hydrogens is 364 g/mol. The summed E-state index contributed by atoms with van der Waals surface area (Å²) in [5.74, 6) is 2.60. The number of methoxy groups -OCH3 is 3. The van der Waals surface area contributed by atoms with Gasteiger partial charge in [-0.15, -0.1) is 11.8 Å². The summed E-state index contributed by atoms with van der Waals surface area (Å²) in [6, 6.07) is 4.61. The van der Waals surface area contributed by atoms with Crippen molar-refractivity contribution in [1.82, 2.24) is 9.80 Å². The zero-order valence-corrected chi connectivity index (χ0v) is 18.3. The highest BCUT2D eigenvalue weighted by atomic mass is 32.2. The number of rotatable bonds is 9. The molecule has 0 bridgehead atoms. The third-order valence-electron chi connectivity index (χ3n) is 4.90. The van der Waals surface area contributed by atoms with Crippen LogP contribution in [-0.2, 0) is 4.79 Å². The van der Waals surface area contributed by atoms with Crippen molar-refractivity contribution in [3.63, 3.8) is 0 Å². The molecule has 0 saturated carbocycles. The molecule has 1 amide bonds. The van der Waals surface area contributed by atoms with Gasteiger partial charge < -0.3 is 19.1 Å². The topological polar surface area (TPSA) is 51.2 Å². The summed E-state index contributed by atoms with van der Waals surface area (Å²) in [4.78, 5) is 16.9. The van der Waals surface area contributed by atoms with E-state index in [1.54, 1.807) is 33.1 Å². The van der Waals surface area contributed by atoms with Gasteiger partial charge in [0.05, 0.1) is 27.1 Å². The van der Waals surface area contributed by atoms with Gasteiger partial charge in [0.1, 0.15) is 11.1 Å². The number of hydrogen-bond acceptors (Lipinski definition) is 6. The fourth-order valence-corrected chi connectivity index (χ4v) is 4.77. The van der Waals surface area contributed by atoms with Crippen LogP contribution in [0.4, 0.5) is 0 Å². The van der Waals surface area contributed by atoms with E-state index in [1.807, 2.05) is 17.0 Å². The molecule has 1 saturated heterocycles. The maximum absolute atomic E-state index is 12.6. The normalized spacial score (nSPS) is 17.3. The molecule has 0 spiro atoms. The SMILES string of the molecule is COc1cc(OC)c(C2SCC(=O)N2CCN(C(C)C)C(C)C)cc1OC. The predicted octanol–water partition coefficient (Wildman–Crippen LogP) is 3.41. The summed E-state index contributed by atoms with van der Waals surface area (Å²) in [6.07, 6.45) is 0. The number of carbonyl (C=O) groups is 1. The summed E-state index contributed by atoms with van der Waals surface area (Å²) in [6.45, 7) is 10.3. The Labute approximate surface area is 167 Å². The largest absolute Gasteiger partial charge is 0.496 e. The van der Waals surface area contributed by atoms with Crippen LogP contribution in [0.3, 0.4) is 0 Å². The molecule has 0 N–H and O–H groups in total. The van der Waals surface area contributed by atoms with Gasteiger partial charge in [0, 0.05) is 36.8 Å². The number of carbonyl (C=O) groups excluding carboxylic acids is 1. The molecule has 1 aromatic carbocycles. The first-order valence-electron chi connectivity index (χ1n) is 9.30. The fourth-order valence-electron chi connectivity index (χ4n) is 3.54. The van der Waals surface area contributed by atoms with Crippen LogP contribution < -0.4 is 14.2 Å². The van der Waals surface area contributed by atoms with E-state index in [4.69, 9.17) is 14.2 Å². The molecule has 152 valence electrons.